The third-order valence-corrected chi connectivity index (χ3v) is 4.71. The summed E-state index contributed by atoms with van der Waals surface area (Å²) in [5.41, 5.74) is 7.39. The minimum Gasteiger partial charge on any atom is -0.465 e. The number of aromatic nitrogens is 2. The van der Waals surface area contributed by atoms with Crippen molar-refractivity contribution in [1.82, 2.24) is 14.9 Å². The summed E-state index contributed by atoms with van der Waals surface area (Å²) in [5, 5.41) is 12.9. The number of fused-ring (bicyclic) bond motifs is 1. The van der Waals surface area contributed by atoms with Crippen molar-refractivity contribution in [3.63, 3.8) is 0 Å². The molecule has 0 spiro atoms. The Morgan fingerprint density at radius 2 is 2.36 bits per heavy atom. The lowest BCUT2D eigenvalue weighted by molar-refractivity contribution is 0.186. The van der Waals surface area contributed by atoms with E-state index in [1.54, 1.807) is 6.20 Å². The fourth-order valence-corrected chi connectivity index (χ4v) is 3.24. The highest BCUT2D eigenvalue weighted by molar-refractivity contribution is 5.81. The third kappa shape index (κ3) is 2.54. The molecule has 6 heteroatoms. The number of nitrogens with one attached hydrogen (secondary N) is 1. The first-order valence-corrected chi connectivity index (χ1v) is 7.72. The number of carbonyl (C=O) groups is 1. The number of hydrogen-bond acceptors (Lipinski definition) is 3. The molecule has 6 nitrogen and oxygen atoms in total. The molecular weight excluding hydrogens is 280 g/mol. The minimum absolute atomic E-state index is 0.120. The number of nitrogens with zero attached hydrogens (tertiary/aromatic N) is 2. The summed E-state index contributed by atoms with van der Waals surface area (Å²) in [6.45, 7) is 3.57. The number of rotatable bonds is 6. The lowest BCUT2D eigenvalue weighted by Crippen LogP contribution is -2.39. The highest BCUT2D eigenvalue weighted by Gasteiger charge is 2.49. The molecule has 1 unspecified atom stereocenters. The predicted molar refractivity (Wildman–Crippen MR) is 84.9 cm³/mol. The molecule has 2 heterocycles. The van der Waals surface area contributed by atoms with Crippen molar-refractivity contribution in [2.75, 3.05) is 6.54 Å². The van der Waals surface area contributed by atoms with E-state index in [2.05, 4.69) is 34.1 Å². The molecule has 1 aliphatic rings. The van der Waals surface area contributed by atoms with Gasteiger partial charge >= 0.3 is 6.09 Å². The van der Waals surface area contributed by atoms with Crippen LogP contribution in [0.5, 0.6) is 0 Å². The number of nitrogens with two attached hydrogens (primary N) is 1. The van der Waals surface area contributed by atoms with Gasteiger partial charge in [0.05, 0.1) is 5.54 Å². The van der Waals surface area contributed by atoms with Crippen LogP contribution < -0.4 is 11.1 Å². The number of aryl methyl sites for hydroxylation is 1. The van der Waals surface area contributed by atoms with Crippen molar-refractivity contribution in [1.29, 1.82) is 0 Å². The van der Waals surface area contributed by atoms with E-state index in [-0.39, 0.29) is 11.5 Å². The molecule has 1 atom stereocenters. The average Bonchev–Trinajstić information content (AvgIpc) is 3.18. The van der Waals surface area contributed by atoms with Crippen molar-refractivity contribution in [3.8, 4) is 0 Å². The van der Waals surface area contributed by atoms with E-state index in [0.29, 0.717) is 6.54 Å². The quantitative estimate of drug-likeness (QED) is 0.763. The minimum atomic E-state index is -0.950. The standard InChI is InChI=1S/C16H22N4O2/c1-11(16(5-6-16)19-15(21)22)13-10-20(9-3-7-17)14-12(13)4-2-8-18-14/h2,4,8,10-11,19H,3,5-7,9,17H2,1H3,(H,21,22). The van der Waals surface area contributed by atoms with E-state index in [1.807, 2.05) is 6.07 Å². The Bertz CT molecular complexity index is 691. The molecule has 1 amide bonds. The maximum Gasteiger partial charge on any atom is 0.405 e. The summed E-state index contributed by atoms with van der Waals surface area (Å²) < 4.78 is 2.13. The van der Waals surface area contributed by atoms with Crippen LogP contribution in [0.3, 0.4) is 0 Å². The Kier molecular flexibility index (Phi) is 3.78. The van der Waals surface area contributed by atoms with E-state index in [9.17, 15) is 4.79 Å². The van der Waals surface area contributed by atoms with Gasteiger partial charge in [0, 0.05) is 30.2 Å². The molecule has 4 N–H and O–H groups in total. The summed E-state index contributed by atoms with van der Waals surface area (Å²) >= 11 is 0. The number of amides is 1. The molecule has 0 bridgehead atoms. The van der Waals surface area contributed by atoms with Gasteiger partial charge in [-0.1, -0.05) is 6.92 Å². The van der Waals surface area contributed by atoms with Crippen molar-refractivity contribution in [2.45, 2.75) is 44.2 Å². The molecule has 0 saturated heterocycles. The van der Waals surface area contributed by atoms with Gasteiger partial charge in [-0.05, 0) is 43.5 Å². The summed E-state index contributed by atoms with van der Waals surface area (Å²) in [4.78, 5) is 15.5. The van der Waals surface area contributed by atoms with Crippen molar-refractivity contribution in [3.05, 3.63) is 30.1 Å². The van der Waals surface area contributed by atoms with Crippen LogP contribution in [-0.4, -0.2) is 32.8 Å². The van der Waals surface area contributed by atoms with E-state index in [0.717, 1.165) is 42.4 Å². The van der Waals surface area contributed by atoms with Crippen molar-refractivity contribution < 1.29 is 9.90 Å². The normalized spacial score (nSPS) is 17.4. The van der Waals surface area contributed by atoms with Crippen LogP contribution in [0.15, 0.2) is 24.5 Å². The fraction of sp³-hybridized carbons (Fsp3) is 0.500. The highest BCUT2D eigenvalue weighted by Crippen LogP contribution is 2.48. The maximum atomic E-state index is 11.1. The fourth-order valence-electron chi connectivity index (χ4n) is 3.24. The lowest BCUT2D eigenvalue weighted by Gasteiger charge is -2.23. The zero-order valence-corrected chi connectivity index (χ0v) is 12.7. The molecule has 1 aliphatic carbocycles. The first-order valence-electron chi connectivity index (χ1n) is 7.72. The second-order valence-electron chi connectivity index (χ2n) is 6.10. The second kappa shape index (κ2) is 5.61. The molecule has 1 fully saturated rings. The first-order chi connectivity index (χ1) is 10.6. The van der Waals surface area contributed by atoms with Gasteiger partial charge in [-0.2, -0.15) is 0 Å². The Hall–Kier alpha value is -2.08. The molecule has 0 aliphatic heterocycles. The second-order valence-corrected chi connectivity index (χ2v) is 6.10. The Balaban J connectivity index is 1.98. The topological polar surface area (TPSA) is 93.2 Å². The molecule has 0 aromatic carbocycles. The molecular formula is C16H22N4O2. The van der Waals surface area contributed by atoms with Gasteiger partial charge in [-0.3, -0.25) is 0 Å². The highest BCUT2D eigenvalue weighted by atomic mass is 16.4. The van der Waals surface area contributed by atoms with Crippen LogP contribution in [0.4, 0.5) is 4.79 Å². The molecule has 3 rings (SSSR count). The van der Waals surface area contributed by atoms with Gasteiger partial charge in [-0.25, -0.2) is 9.78 Å². The maximum absolute atomic E-state index is 11.1. The van der Waals surface area contributed by atoms with Crippen LogP contribution in [0.1, 0.15) is 37.7 Å². The zero-order valence-electron chi connectivity index (χ0n) is 12.7. The summed E-state index contributed by atoms with van der Waals surface area (Å²) in [5.74, 6) is 0.120. The summed E-state index contributed by atoms with van der Waals surface area (Å²) in [6.07, 6.45) is 5.62. The largest absolute Gasteiger partial charge is 0.465 e. The number of pyridine rings is 1. The molecule has 22 heavy (non-hydrogen) atoms. The van der Waals surface area contributed by atoms with E-state index < -0.39 is 6.09 Å². The van der Waals surface area contributed by atoms with Gasteiger partial charge in [-0.15, -0.1) is 0 Å². The van der Waals surface area contributed by atoms with Crippen molar-refractivity contribution >= 4 is 17.1 Å². The Morgan fingerprint density at radius 1 is 1.59 bits per heavy atom. The van der Waals surface area contributed by atoms with Crippen LogP contribution in [-0.2, 0) is 6.54 Å². The van der Waals surface area contributed by atoms with Crippen LogP contribution >= 0.6 is 0 Å². The first kappa shape index (κ1) is 14.8. The van der Waals surface area contributed by atoms with Gasteiger partial charge in [0.25, 0.3) is 0 Å². The van der Waals surface area contributed by atoms with Gasteiger partial charge in [0.2, 0.25) is 0 Å². The third-order valence-electron chi connectivity index (χ3n) is 4.71. The van der Waals surface area contributed by atoms with Crippen LogP contribution in [0.25, 0.3) is 11.0 Å². The molecule has 2 aromatic heterocycles. The molecule has 2 aromatic rings. The van der Waals surface area contributed by atoms with Crippen molar-refractivity contribution in [2.24, 2.45) is 5.73 Å². The number of hydrogen-bond donors (Lipinski definition) is 3. The Labute approximate surface area is 129 Å². The molecule has 0 radical (unpaired) electrons. The zero-order chi connectivity index (χ0) is 15.7. The van der Waals surface area contributed by atoms with E-state index >= 15 is 0 Å². The Morgan fingerprint density at radius 3 is 3.00 bits per heavy atom. The SMILES string of the molecule is CC(c1cn(CCCN)c2ncccc12)C1(NC(=O)O)CC1. The van der Waals surface area contributed by atoms with Gasteiger partial charge in [0.15, 0.2) is 0 Å². The van der Waals surface area contributed by atoms with Crippen LogP contribution in [0.2, 0.25) is 0 Å². The predicted octanol–water partition coefficient (Wildman–Crippen LogP) is 2.29. The van der Waals surface area contributed by atoms with Crippen LogP contribution in [0, 0.1) is 0 Å². The summed E-state index contributed by atoms with van der Waals surface area (Å²) in [7, 11) is 0. The lowest BCUT2D eigenvalue weighted by atomic mass is 9.91. The average molecular weight is 302 g/mol. The monoisotopic (exact) mass is 302 g/mol. The van der Waals surface area contributed by atoms with Gasteiger partial charge < -0.3 is 20.7 Å². The van der Waals surface area contributed by atoms with E-state index in [4.69, 9.17) is 10.8 Å². The van der Waals surface area contributed by atoms with E-state index in [1.165, 1.54) is 0 Å². The molecule has 118 valence electrons. The number of carboxylic acid groups (broad SMARTS) is 1. The molecule has 1 saturated carbocycles. The smallest absolute Gasteiger partial charge is 0.405 e. The van der Waals surface area contributed by atoms with Gasteiger partial charge in [0.1, 0.15) is 5.65 Å². The summed E-state index contributed by atoms with van der Waals surface area (Å²) in [6, 6.07) is 3.99.